The maximum absolute atomic E-state index is 13.5. The van der Waals surface area contributed by atoms with E-state index >= 15 is 0 Å². The Hall–Kier alpha value is -4.12. The number of pyridine rings is 1. The molecular formula is C29H31F3N6O2. The second kappa shape index (κ2) is 11.2. The van der Waals surface area contributed by atoms with Gasteiger partial charge in [-0.2, -0.15) is 18.2 Å². The minimum atomic E-state index is -4.49. The van der Waals surface area contributed by atoms with Crippen molar-refractivity contribution in [1.29, 1.82) is 0 Å². The van der Waals surface area contributed by atoms with E-state index in [9.17, 15) is 18.0 Å². The number of amides is 1. The van der Waals surface area contributed by atoms with E-state index in [2.05, 4.69) is 32.4 Å². The van der Waals surface area contributed by atoms with Gasteiger partial charge in [0.25, 0.3) is 0 Å². The van der Waals surface area contributed by atoms with Gasteiger partial charge in [0.05, 0.1) is 18.7 Å². The van der Waals surface area contributed by atoms with Crippen molar-refractivity contribution in [3.8, 4) is 16.9 Å². The molecule has 0 saturated heterocycles. The zero-order chi connectivity index (χ0) is 28.4. The molecule has 40 heavy (non-hydrogen) atoms. The Morgan fingerprint density at radius 1 is 1.05 bits per heavy atom. The van der Waals surface area contributed by atoms with Crippen LogP contribution in [0.2, 0.25) is 0 Å². The van der Waals surface area contributed by atoms with Gasteiger partial charge in [0.1, 0.15) is 5.75 Å². The number of nitrogens with one attached hydrogen (secondary N) is 1. The van der Waals surface area contributed by atoms with Gasteiger partial charge in [-0.15, -0.1) is 5.10 Å². The second-order valence-electron chi connectivity index (χ2n) is 9.94. The number of halogens is 3. The average Bonchev–Trinajstić information content (AvgIpc) is 3.22. The number of aromatic nitrogens is 3. The van der Waals surface area contributed by atoms with Crippen LogP contribution in [0, 0.1) is 0 Å². The zero-order valence-electron chi connectivity index (χ0n) is 22.6. The number of carbonyl (C=O) groups excluding carboxylic acids is 1. The lowest BCUT2D eigenvalue weighted by Gasteiger charge is -2.21. The maximum atomic E-state index is 13.5. The Balaban J connectivity index is 1.41. The molecule has 3 heterocycles. The summed E-state index contributed by atoms with van der Waals surface area (Å²) in [6.45, 7) is 4.09. The lowest BCUT2D eigenvalue weighted by Crippen LogP contribution is -2.37. The van der Waals surface area contributed by atoms with E-state index in [0.29, 0.717) is 41.6 Å². The molecule has 1 aliphatic rings. The van der Waals surface area contributed by atoms with Gasteiger partial charge in [0.15, 0.2) is 5.65 Å². The lowest BCUT2D eigenvalue weighted by atomic mass is 10.0. The van der Waals surface area contributed by atoms with Crippen LogP contribution >= 0.6 is 0 Å². The van der Waals surface area contributed by atoms with E-state index < -0.39 is 11.7 Å². The number of likely N-dealkylation sites (N-methyl/N-ethyl adjacent to an activating group) is 1. The molecule has 0 atom stereocenters. The van der Waals surface area contributed by atoms with E-state index in [4.69, 9.17) is 4.74 Å². The predicted octanol–water partition coefficient (Wildman–Crippen LogP) is 5.05. The molecule has 5 rings (SSSR count). The van der Waals surface area contributed by atoms with Crippen molar-refractivity contribution >= 4 is 23.2 Å². The third-order valence-corrected chi connectivity index (χ3v) is 6.97. The standard InChI is InChI=1S/C29H31F3N6O2/c1-4-40-25-10-8-21(29(30,31)32)17-24(25)23-6-5-13-38-27(23)34-28(35-38)33-22-9-7-19-11-14-37(15-12-20(19)16-22)18-26(39)36(2)3/h5-10,13,16-17H,4,11-12,14-15,18H2,1-3H3,(H,33,35). The highest BCUT2D eigenvalue weighted by atomic mass is 19.4. The van der Waals surface area contributed by atoms with Crippen LogP contribution in [-0.4, -0.2) is 70.6 Å². The molecule has 4 aromatic rings. The monoisotopic (exact) mass is 552 g/mol. The van der Waals surface area contributed by atoms with E-state index in [-0.39, 0.29) is 5.91 Å². The predicted molar refractivity (Wildman–Crippen MR) is 147 cm³/mol. The van der Waals surface area contributed by atoms with Gasteiger partial charge in [-0.05, 0) is 73.4 Å². The first-order chi connectivity index (χ1) is 19.1. The molecule has 0 aliphatic carbocycles. The minimum Gasteiger partial charge on any atom is -0.493 e. The molecule has 2 aromatic carbocycles. The number of nitrogens with zero attached hydrogens (tertiary/aromatic N) is 5. The number of hydrogen-bond acceptors (Lipinski definition) is 6. The zero-order valence-corrected chi connectivity index (χ0v) is 22.6. The first kappa shape index (κ1) is 27.4. The van der Waals surface area contributed by atoms with Crippen molar-refractivity contribution in [2.24, 2.45) is 0 Å². The quantitative estimate of drug-likeness (QED) is 0.346. The Kier molecular flexibility index (Phi) is 7.66. The van der Waals surface area contributed by atoms with E-state index in [1.807, 2.05) is 6.07 Å². The molecule has 1 amide bonds. The van der Waals surface area contributed by atoms with Crippen molar-refractivity contribution in [2.75, 3.05) is 45.7 Å². The van der Waals surface area contributed by atoms with Crippen LogP contribution in [0.3, 0.4) is 0 Å². The molecule has 0 spiro atoms. The van der Waals surface area contributed by atoms with Gasteiger partial charge in [0, 0.05) is 50.2 Å². The van der Waals surface area contributed by atoms with Gasteiger partial charge in [-0.25, -0.2) is 4.52 Å². The van der Waals surface area contributed by atoms with Gasteiger partial charge in [-0.3, -0.25) is 9.69 Å². The summed E-state index contributed by atoms with van der Waals surface area (Å²) in [6, 6.07) is 13.0. The molecule has 0 saturated carbocycles. The molecule has 210 valence electrons. The molecule has 2 aromatic heterocycles. The van der Waals surface area contributed by atoms with Crippen molar-refractivity contribution in [3.05, 3.63) is 71.4 Å². The number of ether oxygens (including phenoxy) is 1. The average molecular weight is 553 g/mol. The number of hydrogen-bond donors (Lipinski definition) is 1. The maximum Gasteiger partial charge on any atom is 0.416 e. The molecule has 1 aliphatic heterocycles. The Labute approximate surface area is 230 Å². The summed E-state index contributed by atoms with van der Waals surface area (Å²) >= 11 is 0. The molecule has 0 bridgehead atoms. The molecule has 11 heteroatoms. The van der Waals surface area contributed by atoms with Gasteiger partial charge in [0.2, 0.25) is 11.9 Å². The summed E-state index contributed by atoms with van der Waals surface area (Å²) in [6.07, 6.45) is -1.13. The smallest absolute Gasteiger partial charge is 0.416 e. The molecule has 0 unspecified atom stereocenters. The van der Waals surface area contributed by atoms with Gasteiger partial charge < -0.3 is 15.0 Å². The van der Waals surface area contributed by atoms with E-state index in [1.54, 1.807) is 44.2 Å². The summed E-state index contributed by atoms with van der Waals surface area (Å²) in [7, 11) is 3.53. The number of fused-ring (bicyclic) bond motifs is 2. The number of alkyl halides is 3. The van der Waals surface area contributed by atoms with Crippen molar-refractivity contribution < 1.29 is 22.7 Å². The third kappa shape index (κ3) is 5.89. The normalized spacial score (nSPS) is 14.1. The highest BCUT2D eigenvalue weighted by Crippen LogP contribution is 2.38. The third-order valence-electron chi connectivity index (χ3n) is 6.97. The Morgan fingerprint density at radius 2 is 1.82 bits per heavy atom. The Morgan fingerprint density at radius 3 is 2.55 bits per heavy atom. The number of benzene rings is 2. The fourth-order valence-electron chi connectivity index (χ4n) is 4.84. The summed E-state index contributed by atoms with van der Waals surface area (Å²) in [4.78, 5) is 20.6. The first-order valence-corrected chi connectivity index (χ1v) is 13.1. The van der Waals surface area contributed by atoms with Crippen LogP contribution in [0.25, 0.3) is 16.8 Å². The van der Waals surface area contributed by atoms with Crippen LogP contribution in [0.15, 0.2) is 54.7 Å². The van der Waals surface area contributed by atoms with Crippen molar-refractivity contribution in [3.63, 3.8) is 0 Å². The summed E-state index contributed by atoms with van der Waals surface area (Å²) in [5.74, 6) is 0.751. The first-order valence-electron chi connectivity index (χ1n) is 13.1. The van der Waals surface area contributed by atoms with Crippen molar-refractivity contribution in [2.45, 2.75) is 25.9 Å². The highest BCUT2D eigenvalue weighted by molar-refractivity contribution is 5.82. The molecule has 0 radical (unpaired) electrons. The highest BCUT2D eigenvalue weighted by Gasteiger charge is 2.31. The number of anilines is 2. The van der Waals surface area contributed by atoms with Gasteiger partial charge >= 0.3 is 6.18 Å². The minimum absolute atomic E-state index is 0.0871. The van der Waals surface area contributed by atoms with Crippen LogP contribution in [0.5, 0.6) is 5.75 Å². The van der Waals surface area contributed by atoms with Crippen LogP contribution in [-0.2, 0) is 23.8 Å². The summed E-state index contributed by atoms with van der Waals surface area (Å²) in [5, 5.41) is 7.76. The van der Waals surface area contributed by atoms with Crippen molar-refractivity contribution in [1.82, 2.24) is 24.4 Å². The molecule has 0 fully saturated rings. The van der Waals surface area contributed by atoms with E-state index in [1.165, 1.54) is 21.7 Å². The molecule has 8 nitrogen and oxygen atoms in total. The van der Waals surface area contributed by atoms with Gasteiger partial charge in [-0.1, -0.05) is 6.07 Å². The van der Waals surface area contributed by atoms with E-state index in [0.717, 1.165) is 43.8 Å². The molecular weight excluding hydrogens is 521 g/mol. The topological polar surface area (TPSA) is 75.0 Å². The fraction of sp³-hybridized carbons (Fsp3) is 0.345. The molecule has 1 N–H and O–H groups in total. The van der Waals surface area contributed by atoms with Crippen LogP contribution in [0.4, 0.5) is 24.8 Å². The van der Waals surface area contributed by atoms with Crippen LogP contribution in [0.1, 0.15) is 23.6 Å². The SMILES string of the molecule is CCOc1ccc(C(F)(F)F)cc1-c1cccn2nc(Nc3ccc4c(c3)CCN(CC(=O)N(C)C)CC4)nc12. The lowest BCUT2D eigenvalue weighted by molar-refractivity contribution is -0.137. The van der Waals surface area contributed by atoms with Crippen LogP contribution < -0.4 is 10.1 Å². The number of rotatable bonds is 7. The number of carbonyl (C=O) groups is 1. The fourth-order valence-corrected chi connectivity index (χ4v) is 4.84. The summed E-state index contributed by atoms with van der Waals surface area (Å²) < 4.78 is 47.7. The summed E-state index contributed by atoms with van der Waals surface area (Å²) in [5.41, 5.74) is 3.66. The largest absolute Gasteiger partial charge is 0.493 e. The Bertz CT molecular complexity index is 1530. The second-order valence-corrected chi connectivity index (χ2v) is 9.94.